The van der Waals surface area contributed by atoms with Crippen molar-refractivity contribution in [3.05, 3.63) is 28.8 Å². The van der Waals surface area contributed by atoms with Crippen LogP contribution in [0.2, 0.25) is 5.02 Å². The number of hydrogen-bond acceptors (Lipinski definition) is 5. The lowest BCUT2D eigenvalue weighted by atomic mass is 10.2. The molecule has 1 aromatic carbocycles. The number of halogens is 1. The van der Waals surface area contributed by atoms with Crippen molar-refractivity contribution in [1.29, 1.82) is 0 Å². The third-order valence-corrected chi connectivity index (χ3v) is 4.53. The van der Waals surface area contributed by atoms with Crippen LogP contribution in [-0.4, -0.2) is 36.1 Å². The topological polar surface area (TPSA) is 57.1 Å². The first kappa shape index (κ1) is 14.4. The number of carbonyl (C=O) groups is 1. The second kappa shape index (κ2) is 6.49. The van der Waals surface area contributed by atoms with Crippen molar-refractivity contribution in [3.8, 4) is 0 Å². The molecule has 2 heterocycles. The van der Waals surface area contributed by atoms with Crippen molar-refractivity contribution >= 4 is 46.3 Å². The molecule has 2 fully saturated rings. The summed E-state index contributed by atoms with van der Waals surface area (Å²) in [7, 11) is 0. The lowest BCUT2D eigenvalue weighted by Gasteiger charge is -2.19. The van der Waals surface area contributed by atoms with E-state index >= 15 is 0 Å². The van der Waals surface area contributed by atoms with Crippen LogP contribution in [0.5, 0.6) is 0 Å². The number of carbonyl (C=O) groups excluding carboxylic acids is 1. The van der Waals surface area contributed by atoms with Gasteiger partial charge in [0.1, 0.15) is 0 Å². The zero-order valence-corrected chi connectivity index (χ0v) is 13.0. The molecule has 2 aliphatic rings. The fraction of sp³-hybridized carbons (Fsp3) is 0.357. The molecule has 0 aliphatic carbocycles. The molecule has 7 heteroatoms. The van der Waals surface area contributed by atoms with E-state index < -0.39 is 0 Å². The predicted octanol–water partition coefficient (Wildman–Crippen LogP) is 2.49. The maximum absolute atomic E-state index is 11.0. The van der Waals surface area contributed by atoms with Crippen LogP contribution in [-0.2, 0) is 4.79 Å². The molecule has 1 N–H and O–H groups in total. The molecule has 0 radical (unpaired) electrons. The molecule has 1 aromatic rings. The van der Waals surface area contributed by atoms with Crippen LogP contribution in [0.1, 0.15) is 18.4 Å². The van der Waals surface area contributed by atoms with Crippen molar-refractivity contribution in [2.24, 2.45) is 10.2 Å². The molecule has 0 aromatic heterocycles. The Kier molecular flexibility index (Phi) is 4.45. The standard InChI is InChI=1S/C14H15ClN4OS/c15-11-7-10(3-4-12(11)19-5-1-2-6-19)8-16-18-14-17-13(20)9-21-14/h3-4,7-8H,1-2,5-6,9H2,(H,17,18,20). The van der Waals surface area contributed by atoms with Crippen LogP contribution in [0.15, 0.2) is 28.4 Å². The first-order valence-electron chi connectivity index (χ1n) is 6.80. The fourth-order valence-corrected chi connectivity index (χ4v) is 3.28. The van der Waals surface area contributed by atoms with E-state index in [4.69, 9.17) is 11.6 Å². The van der Waals surface area contributed by atoms with Gasteiger partial charge in [-0.2, -0.15) is 5.10 Å². The number of nitrogens with zero attached hydrogens (tertiary/aromatic N) is 3. The molecular weight excluding hydrogens is 308 g/mol. The van der Waals surface area contributed by atoms with E-state index in [9.17, 15) is 4.79 Å². The number of thioether (sulfide) groups is 1. The van der Waals surface area contributed by atoms with Crippen LogP contribution >= 0.6 is 23.4 Å². The maximum atomic E-state index is 11.0. The van der Waals surface area contributed by atoms with Gasteiger partial charge in [-0.05, 0) is 30.5 Å². The predicted molar refractivity (Wildman–Crippen MR) is 88.5 cm³/mol. The summed E-state index contributed by atoms with van der Waals surface area (Å²) in [6, 6.07) is 5.89. The molecule has 3 rings (SSSR count). The van der Waals surface area contributed by atoms with Crippen LogP contribution in [0.3, 0.4) is 0 Å². The summed E-state index contributed by atoms with van der Waals surface area (Å²) in [6.07, 6.45) is 4.08. The van der Waals surface area contributed by atoms with E-state index in [-0.39, 0.29) is 5.91 Å². The highest BCUT2D eigenvalue weighted by Crippen LogP contribution is 2.29. The van der Waals surface area contributed by atoms with Gasteiger partial charge in [0.05, 0.1) is 22.7 Å². The Morgan fingerprint density at radius 2 is 2.14 bits per heavy atom. The van der Waals surface area contributed by atoms with Gasteiger partial charge < -0.3 is 10.2 Å². The minimum absolute atomic E-state index is 0.0352. The third-order valence-electron chi connectivity index (χ3n) is 3.36. The van der Waals surface area contributed by atoms with Gasteiger partial charge in [-0.1, -0.05) is 29.4 Å². The highest BCUT2D eigenvalue weighted by molar-refractivity contribution is 8.15. The summed E-state index contributed by atoms with van der Waals surface area (Å²) < 4.78 is 0. The smallest absolute Gasteiger partial charge is 0.236 e. The lowest BCUT2D eigenvalue weighted by molar-refractivity contribution is -0.116. The van der Waals surface area contributed by atoms with E-state index in [0.717, 1.165) is 29.4 Å². The first-order chi connectivity index (χ1) is 10.2. The minimum Gasteiger partial charge on any atom is -0.370 e. The SMILES string of the molecule is O=C1CSC(=NN=Cc2ccc(N3CCCC3)c(Cl)c2)N1. The van der Waals surface area contributed by atoms with Crippen molar-refractivity contribution < 1.29 is 4.79 Å². The van der Waals surface area contributed by atoms with Gasteiger partial charge in [0.25, 0.3) is 0 Å². The normalized spacial score (nSPS) is 20.7. The fourth-order valence-electron chi connectivity index (χ4n) is 2.35. The molecule has 5 nitrogen and oxygen atoms in total. The number of benzene rings is 1. The van der Waals surface area contributed by atoms with E-state index in [1.165, 1.54) is 24.6 Å². The van der Waals surface area contributed by atoms with Crippen molar-refractivity contribution in [1.82, 2.24) is 5.32 Å². The second-order valence-electron chi connectivity index (χ2n) is 4.89. The monoisotopic (exact) mass is 322 g/mol. The van der Waals surface area contributed by atoms with Crippen molar-refractivity contribution in [3.63, 3.8) is 0 Å². The molecule has 21 heavy (non-hydrogen) atoms. The van der Waals surface area contributed by atoms with Gasteiger partial charge in [-0.25, -0.2) is 0 Å². The third kappa shape index (κ3) is 3.57. The number of hydrogen-bond donors (Lipinski definition) is 1. The lowest BCUT2D eigenvalue weighted by Crippen LogP contribution is -2.19. The van der Waals surface area contributed by atoms with Gasteiger partial charge >= 0.3 is 0 Å². The zero-order chi connectivity index (χ0) is 14.7. The average Bonchev–Trinajstić information content (AvgIpc) is 3.11. The molecule has 2 saturated heterocycles. The van der Waals surface area contributed by atoms with E-state index in [2.05, 4.69) is 20.4 Å². The zero-order valence-electron chi connectivity index (χ0n) is 11.4. The highest BCUT2D eigenvalue weighted by atomic mass is 35.5. The summed E-state index contributed by atoms with van der Waals surface area (Å²) in [5, 5.41) is 11.8. The highest BCUT2D eigenvalue weighted by Gasteiger charge is 2.16. The quantitative estimate of drug-likeness (QED) is 0.687. The van der Waals surface area contributed by atoms with Crippen LogP contribution < -0.4 is 10.2 Å². The average molecular weight is 323 g/mol. The largest absolute Gasteiger partial charge is 0.370 e. The molecule has 1 amide bonds. The number of anilines is 1. The minimum atomic E-state index is -0.0352. The Morgan fingerprint density at radius 1 is 1.33 bits per heavy atom. The molecule has 0 unspecified atom stereocenters. The Balaban J connectivity index is 1.68. The van der Waals surface area contributed by atoms with E-state index in [1.54, 1.807) is 6.21 Å². The summed E-state index contributed by atoms with van der Waals surface area (Å²) in [6.45, 7) is 2.13. The van der Waals surface area contributed by atoms with E-state index in [0.29, 0.717) is 10.9 Å². The van der Waals surface area contributed by atoms with Crippen molar-refractivity contribution in [2.75, 3.05) is 23.7 Å². The van der Waals surface area contributed by atoms with Crippen molar-refractivity contribution in [2.45, 2.75) is 12.8 Å². The number of rotatable bonds is 3. The second-order valence-corrected chi connectivity index (χ2v) is 6.26. The molecule has 2 aliphatic heterocycles. The Bertz CT molecular complexity index is 611. The van der Waals surface area contributed by atoms with Crippen LogP contribution in [0.25, 0.3) is 0 Å². The molecule has 0 spiro atoms. The van der Waals surface area contributed by atoms with Crippen LogP contribution in [0, 0.1) is 0 Å². The number of amidine groups is 1. The summed E-state index contributed by atoms with van der Waals surface area (Å²) in [4.78, 5) is 13.3. The van der Waals surface area contributed by atoms with Gasteiger partial charge in [-0.3, -0.25) is 4.79 Å². The van der Waals surface area contributed by atoms with Crippen LogP contribution in [0.4, 0.5) is 5.69 Å². The molecule has 0 atom stereocenters. The molecule has 0 saturated carbocycles. The summed E-state index contributed by atoms with van der Waals surface area (Å²) >= 11 is 7.69. The summed E-state index contributed by atoms with van der Waals surface area (Å²) in [5.41, 5.74) is 1.97. The van der Waals surface area contributed by atoms with E-state index in [1.807, 2.05) is 18.2 Å². The molecule has 110 valence electrons. The Hall–Kier alpha value is -1.53. The first-order valence-corrected chi connectivity index (χ1v) is 8.17. The number of amides is 1. The Morgan fingerprint density at radius 3 is 2.81 bits per heavy atom. The molecular formula is C14H15ClN4OS. The molecule has 0 bridgehead atoms. The van der Waals surface area contributed by atoms with Gasteiger partial charge in [-0.15, -0.1) is 5.10 Å². The van der Waals surface area contributed by atoms with Gasteiger partial charge in [0.2, 0.25) is 5.91 Å². The van der Waals surface area contributed by atoms with Gasteiger partial charge in [0.15, 0.2) is 5.17 Å². The maximum Gasteiger partial charge on any atom is 0.236 e. The Labute approximate surface area is 132 Å². The summed E-state index contributed by atoms with van der Waals surface area (Å²) in [5.74, 6) is 0.372. The number of nitrogens with one attached hydrogen (secondary N) is 1. The van der Waals surface area contributed by atoms with Gasteiger partial charge in [0, 0.05) is 13.1 Å².